The Balaban J connectivity index is 1.51. The van der Waals surface area contributed by atoms with Gasteiger partial charge < -0.3 is 0 Å². The zero-order valence-corrected chi connectivity index (χ0v) is 19.7. The molecular weight excluding hydrogens is 375 g/mol. The van der Waals surface area contributed by atoms with Crippen molar-refractivity contribution in [1.29, 1.82) is 0 Å². The van der Waals surface area contributed by atoms with Gasteiger partial charge in [-0.3, -0.25) is 0 Å². The van der Waals surface area contributed by atoms with E-state index in [1.54, 1.807) is 25.7 Å². The fourth-order valence-corrected chi connectivity index (χ4v) is 12.8. The Hall–Kier alpha value is 0.130. The van der Waals surface area contributed by atoms with E-state index in [1.807, 2.05) is 15.1 Å². The molecule has 1 aromatic heterocycles. The van der Waals surface area contributed by atoms with Gasteiger partial charge in [0.05, 0.1) is 0 Å². The van der Waals surface area contributed by atoms with E-state index in [0.29, 0.717) is 0 Å². The largest absolute Gasteiger partial charge is 0.144 e. The summed E-state index contributed by atoms with van der Waals surface area (Å²) in [5, 5.41) is 1.98. The minimum absolute atomic E-state index is 0.107. The topological polar surface area (TPSA) is 0 Å². The van der Waals surface area contributed by atoms with Gasteiger partial charge in [0.25, 0.3) is 0 Å². The van der Waals surface area contributed by atoms with Crippen molar-refractivity contribution in [2.24, 2.45) is 0 Å². The van der Waals surface area contributed by atoms with Crippen LogP contribution in [-0.4, -0.2) is 11.3 Å². The van der Waals surface area contributed by atoms with Crippen LogP contribution in [0, 0.1) is 0 Å². The number of hydrogen-bond acceptors (Lipinski definition) is 1. The van der Waals surface area contributed by atoms with E-state index in [1.165, 1.54) is 89.9 Å². The third kappa shape index (κ3) is 4.27. The number of thiophene rings is 1. The quantitative estimate of drug-likeness (QED) is 0.420. The van der Waals surface area contributed by atoms with Gasteiger partial charge in [0, 0.05) is 9.75 Å². The second kappa shape index (κ2) is 9.51. The molecule has 0 amide bonds. The van der Waals surface area contributed by atoms with Crippen LogP contribution in [0.5, 0.6) is 0 Å². The minimum atomic E-state index is 0.107. The fraction of sp³-hybridized carbons (Fsp3) is 0.846. The summed E-state index contributed by atoms with van der Waals surface area (Å²) in [5.41, 5.74) is 2.16. The van der Waals surface area contributed by atoms with Crippen LogP contribution in [0.3, 0.4) is 0 Å². The van der Waals surface area contributed by atoms with E-state index >= 15 is 0 Å². The monoisotopic (exact) mass is 416 g/mol. The molecule has 1 heterocycles. The number of rotatable bonds is 5. The van der Waals surface area contributed by atoms with Crippen LogP contribution < -0.4 is 5.30 Å². The second-order valence-corrected chi connectivity index (χ2v) is 14.2. The zero-order chi connectivity index (χ0) is 18.8. The van der Waals surface area contributed by atoms with E-state index < -0.39 is 0 Å². The maximum absolute atomic E-state index is 2.85. The maximum atomic E-state index is 2.85. The molecule has 0 unspecified atom stereocenters. The van der Waals surface area contributed by atoms with E-state index in [4.69, 9.17) is 0 Å². The maximum Gasteiger partial charge on any atom is 0.0156 e. The highest BCUT2D eigenvalue weighted by atomic mass is 32.1. The van der Waals surface area contributed by atoms with Crippen LogP contribution >= 0.6 is 19.3 Å². The molecule has 5 rings (SSSR count). The molecule has 0 radical (unpaired) electrons. The summed E-state index contributed by atoms with van der Waals surface area (Å²) in [5.74, 6) is 1.85. The Morgan fingerprint density at radius 1 is 0.571 bits per heavy atom. The van der Waals surface area contributed by atoms with Crippen molar-refractivity contribution in [1.82, 2.24) is 0 Å². The number of hydrogen-bond donors (Lipinski definition) is 0. The van der Waals surface area contributed by atoms with E-state index in [0.717, 1.165) is 23.2 Å². The summed E-state index contributed by atoms with van der Waals surface area (Å²) in [6, 6.07) is 2.85. The summed E-state index contributed by atoms with van der Waals surface area (Å²) in [4.78, 5) is 3.77. The highest BCUT2D eigenvalue weighted by Gasteiger charge is 2.37. The molecule has 4 fully saturated rings. The van der Waals surface area contributed by atoms with Crippen LogP contribution in [0.15, 0.2) is 6.07 Å². The summed E-state index contributed by atoms with van der Waals surface area (Å²) in [6.45, 7) is 0. The van der Waals surface area contributed by atoms with Gasteiger partial charge in [-0.1, -0.05) is 72.1 Å². The molecule has 4 saturated carbocycles. The molecule has 28 heavy (non-hydrogen) atoms. The molecular formula is C26H41PS. The first-order valence-electron chi connectivity index (χ1n) is 12.8. The second-order valence-electron chi connectivity index (χ2n) is 10.4. The van der Waals surface area contributed by atoms with E-state index in [9.17, 15) is 0 Å². The van der Waals surface area contributed by atoms with Crippen molar-refractivity contribution in [3.05, 3.63) is 15.8 Å². The molecule has 0 aliphatic heterocycles. The molecule has 0 atom stereocenters. The summed E-state index contributed by atoms with van der Waals surface area (Å²) in [7, 11) is 0.107. The van der Waals surface area contributed by atoms with Gasteiger partial charge in [-0.05, 0) is 85.9 Å². The molecule has 0 spiro atoms. The van der Waals surface area contributed by atoms with Crippen LogP contribution in [0.1, 0.15) is 137 Å². The lowest BCUT2D eigenvalue weighted by Crippen LogP contribution is -2.22. The minimum Gasteiger partial charge on any atom is -0.144 e. The third-order valence-electron chi connectivity index (χ3n) is 8.46. The van der Waals surface area contributed by atoms with Crippen LogP contribution in [0.2, 0.25) is 0 Å². The van der Waals surface area contributed by atoms with Crippen molar-refractivity contribution in [2.45, 2.75) is 139 Å². The van der Waals surface area contributed by atoms with Gasteiger partial charge in [-0.15, -0.1) is 11.3 Å². The normalized spacial score (nSPS) is 26.6. The highest BCUT2D eigenvalue weighted by molar-refractivity contribution is 7.67. The average molecular weight is 417 g/mol. The third-order valence-corrected chi connectivity index (χ3v) is 13.6. The Bertz CT molecular complexity index is 594. The lowest BCUT2D eigenvalue weighted by Gasteiger charge is -2.32. The van der Waals surface area contributed by atoms with E-state index in [2.05, 4.69) is 17.4 Å². The van der Waals surface area contributed by atoms with Crippen LogP contribution in [-0.2, 0) is 0 Å². The Morgan fingerprint density at radius 2 is 1.04 bits per heavy atom. The molecule has 4 aliphatic carbocycles. The molecule has 4 aliphatic rings. The van der Waals surface area contributed by atoms with Crippen molar-refractivity contribution in [2.75, 3.05) is 0 Å². The Morgan fingerprint density at radius 3 is 1.57 bits per heavy atom. The molecule has 156 valence electrons. The lowest BCUT2D eigenvalue weighted by atomic mass is 9.87. The van der Waals surface area contributed by atoms with Gasteiger partial charge in [0.15, 0.2) is 0 Å². The van der Waals surface area contributed by atoms with Crippen molar-refractivity contribution in [3.63, 3.8) is 0 Å². The summed E-state index contributed by atoms with van der Waals surface area (Å²) < 4.78 is 0. The Kier molecular flexibility index (Phi) is 6.81. The summed E-state index contributed by atoms with van der Waals surface area (Å²) >= 11 is 2.33. The van der Waals surface area contributed by atoms with Gasteiger partial charge in [0.2, 0.25) is 0 Å². The standard InChI is InChI=1S/C26H41PS/c1-3-11-20(12-4-1)25-19-24(26(28-25)21-13-5-2-6-14-21)27(22-15-7-8-16-22)23-17-9-10-18-23/h19-23H,1-18H2. The van der Waals surface area contributed by atoms with Crippen molar-refractivity contribution in [3.8, 4) is 0 Å². The van der Waals surface area contributed by atoms with Gasteiger partial charge in [0.1, 0.15) is 0 Å². The molecule has 0 bridgehead atoms. The van der Waals surface area contributed by atoms with Crippen molar-refractivity contribution >= 4 is 24.6 Å². The highest BCUT2D eigenvalue weighted by Crippen LogP contribution is 2.59. The van der Waals surface area contributed by atoms with Gasteiger partial charge >= 0.3 is 0 Å². The Labute approximate surface area is 179 Å². The molecule has 1 aromatic rings. The molecule has 0 aromatic carbocycles. The average Bonchev–Trinajstić information content (AvgIpc) is 3.53. The predicted molar refractivity (Wildman–Crippen MR) is 127 cm³/mol. The van der Waals surface area contributed by atoms with Crippen molar-refractivity contribution < 1.29 is 0 Å². The van der Waals surface area contributed by atoms with Crippen LogP contribution in [0.25, 0.3) is 0 Å². The first-order chi connectivity index (χ1) is 13.9. The molecule has 2 heteroatoms. The molecule has 0 nitrogen and oxygen atoms in total. The smallest absolute Gasteiger partial charge is 0.0156 e. The zero-order valence-electron chi connectivity index (χ0n) is 18.0. The fourth-order valence-electron chi connectivity index (χ4n) is 6.92. The first kappa shape index (κ1) is 20.1. The molecule has 0 N–H and O–H groups in total. The SMILES string of the molecule is c1c(C2CCCCC2)sc(C2CCCCC2)c1P(C1CCCC1)C1CCCC1. The van der Waals surface area contributed by atoms with Gasteiger partial charge in [-0.2, -0.15) is 0 Å². The van der Waals surface area contributed by atoms with Crippen LogP contribution in [0.4, 0.5) is 0 Å². The summed E-state index contributed by atoms with van der Waals surface area (Å²) in [6.07, 6.45) is 27.2. The first-order valence-corrected chi connectivity index (χ1v) is 15.1. The predicted octanol–water partition coefficient (Wildman–Crippen LogP) is 8.84. The molecule has 0 saturated heterocycles. The van der Waals surface area contributed by atoms with E-state index in [-0.39, 0.29) is 7.92 Å². The lowest BCUT2D eigenvalue weighted by molar-refractivity contribution is 0.447. The van der Waals surface area contributed by atoms with Gasteiger partial charge in [-0.25, -0.2) is 0 Å².